The third-order valence-corrected chi connectivity index (χ3v) is 3.10. The number of hydrogen-bond acceptors (Lipinski definition) is 3. The monoisotopic (exact) mass is 206 g/mol. The second-order valence-corrected chi connectivity index (χ2v) is 4.36. The number of carbonyl (C=O) groups is 1. The molecule has 0 aromatic heterocycles. The fourth-order valence-corrected chi connectivity index (χ4v) is 1.78. The zero-order chi connectivity index (χ0) is 11.1. The van der Waals surface area contributed by atoms with Crippen molar-refractivity contribution >= 4 is 6.16 Å². The van der Waals surface area contributed by atoms with E-state index in [1.54, 1.807) is 0 Å². The third kappa shape index (κ3) is 1.39. The first-order chi connectivity index (χ1) is 6.96. The number of cyclic esters (lactones) is 2. The molecular weight excluding hydrogens is 192 g/mol. The van der Waals surface area contributed by atoms with Gasteiger partial charge in [-0.2, -0.15) is 0 Å². The molecule has 1 aliphatic heterocycles. The molecule has 1 aromatic rings. The number of hydrogen-bond donors (Lipinski definition) is 0. The summed E-state index contributed by atoms with van der Waals surface area (Å²) in [7, 11) is 0. The molecule has 0 radical (unpaired) electrons. The fraction of sp³-hybridized carbons (Fsp3) is 0.417. The predicted octanol–water partition coefficient (Wildman–Crippen LogP) is 2.85. The SMILES string of the molecule is CC1(C)OC(=O)O[C@]1(C)c1ccccc1. The molecule has 1 aliphatic rings. The van der Waals surface area contributed by atoms with E-state index in [9.17, 15) is 4.79 Å². The minimum absolute atomic E-state index is 0.605. The maximum atomic E-state index is 11.2. The number of ether oxygens (including phenoxy) is 2. The lowest BCUT2D eigenvalue weighted by molar-refractivity contribution is -0.0135. The van der Waals surface area contributed by atoms with Crippen LogP contribution in [0.25, 0.3) is 0 Å². The van der Waals surface area contributed by atoms with Crippen LogP contribution in [-0.2, 0) is 15.1 Å². The van der Waals surface area contributed by atoms with Gasteiger partial charge in [0.1, 0.15) is 0 Å². The largest absolute Gasteiger partial charge is 0.510 e. The van der Waals surface area contributed by atoms with Crippen LogP contribution < -0.4 is 0 Å². The maximum Gasteiger partial charge on any atom is 0.510 e. The van der Waals surface area contributed by atoms with E-state index in [0.717, 1.165) is 5.56 Å². The van der Waals surface area contributed by atoms with Gasteiger partial charge in [-0.1, -0.05) is 30.3 Å². The van der Waals surface area contributed by atoms with Crippen molar-refractivity contribution in [1.82, 2.24) is 0 Å². The van der Waals surface area contributed by atoms with Gasteiger partial charge in [0.2, 0.25) is 0 Å². The normalized spacial score (nSPS) is 28.3. The van der Waals surface area contributed by atoms with Crippen molar-refractivity contribution in [3.8, 4) is 0 Å². The summed E-state index contributed by atoms with van der Waals surface area (Å²) in [5.74, 6) is 0. The lowest BCUT2D eigenvalue weighted by atomic mass is 9.82. The summed E-state index contributed by atoms with van der Waals surface area (Å²) in [5.41, 5.74) is -0.419. The molecule has 80 valence electrons. The molecule has 3 heteroatoms. The van der Waals surface area contributed by atoms with E-state index in [2.05, 4.69) is 0 Å². The molecule has 15 heavy (non-hydrogen) atoms. The average molecular weight is 206 g/mol. The van der Waals surface area contributed by atoms with Crippen LogP contribution in [0.3, 0.4) is 0 Å². The van der Waals surface area contributed by atoms with Crippen LogP contribution in [0.1, 0.15) is 26.3 Å². The molecule has 0 aliphatic carbocycles. The van der Waals surface area contributed by atoms with Gasteiger partial charge in [-0.3, -0.25) is 0 Å². The Bertz CT molecular complexity index is 383. The average Bonchev–Trinajstić information content (AvgIpc) is 2.38. The van der Waals surface area contributed by atoms with Gasteiger partial charge in [0, 0.05) is 0 Å². The molecule has 1 saturated heterocycles. The highest BCUT2D eigenvalue weighted by molar-refractivity contribution is 5.65. The Morgan fingerprint density at radius 1 is 1.00 bits per heavy atom. The van der Waals surface area contributed by atoms with Gasteiger partial charge in [0.05, 0.1) is 0 Å². The molecule has 1 fully saturated rings. The van der Waals surface area contributed by atoms with Gasteiger partial charge in [-0.25, -0.2) is 4.79 Å². The zero-order valence-corrected chi connectivity index (χ0v) is 9.11. The van der Waals surface area contributed by atoms with Crippen molar-refractivity contribution in [2.45, 2.75) is 32.0 Å². The first kappa shape index (κ1) is 10.0. The highest BCUT2D eigenvalue weighted by atomic mass is 16.8. The molecule has 0 bridgehead atoms. The minimum Gasteiger partial charge on any atom is -0.424 e. The van der Waals surface area contributed by atoms with Gasteiger partial charge in [0.15, 0.2) is 11.2 Å². The van der Waals surface area contributed by atoms with Crippen LogP contribution in [0.4, 0.5) is 4.79 Å². The summed E-state index contributed by atoms with van der Waals surface area (Å²) in [6, 6.07) is 9.64. The van der Waals surface area contributed by atoms with E-state index in [4.69, 9.17) is 9.47 Å². The van der Waals surface area contributed by atoms with Crippen LogP contribution in [0.15, 0.2) is 30.3 Å². The smallest absolute Gasteiger partial charge is 0.424 e. The van der Waals surface area contributed by atoms with Gasteiger partial charge in [-0.15, -0.1) is 0 Å². The lowest BCUT2D eigenvalue weighted by Crippen LogP contribution is -2.42. The lowest BCUT2D eigenvalue weighted by Gasteiger charge is -2.32. The summed E-state index contributed by atoms with van der Waals surface area (Å²) in [6.45, 7) is 5.57. The summed E-state index contributed by atoms with van der Waals surface area (Å²) in [6.07, 6.45) is -0.605. The number of rotatable bonds is 1. The standard InChI is InChI=1S/C12H14O3/c1-11(2)12(3,15-10(13)14-11)9-7-5-4-6-8-9/h4-8H,1-3H3/t12-/m1/s1. The molecule has 2 rings (SSSR count). The van der Waals surface area contributed by atoms with E-state index in [1.807, 2.05) is 51.1 Å². The van der Waals surface area contributed by atoms with Crippen LogP contribution >= 0.6 is 0 Å². The summed E-state index contributed by atoms with van der Waals surface area (Å²) >= 11 is 0. The number of benzene rings is 1. The van der Waals surface area contributed by atoms with Crippen molar-refractivity contribution in [2.24, 2.45) is 0 Å². The van der Waals surface area contributed by atoms with Crippen LogP contribution in [0, 0.1) is 0 Å². The Morgan fingerprint density at radius 3 is 2.07 bits per heavy atom. The van der Waals surface area contributed by atoms with Gasteiger partial charge >= 0.3 is 6.16 Å². The summed E-state index contributed by atoms with van der Waals surface area (Å²) in [5, 5.41) is 0. The van der Waals surface area contributed by atoms with Crippen molar-refractivity contribution in [3.63, 3.8) is 0 Å². The quantitative estimate of drug-likeness (QED) is 0.663. The van der Waals surface area contributed by atoms with E-state index in [0.29, 0.717) is 0 Å². The molecule has 1 aromatic carbocycles. The molecular formula is C12H14O3. The van der Waals surface area contributed by atoms with Crippen molar-refractivity contribution in [3.05, 3.63) is 35.9 Å². The number of carbonyl (C=O) groups excluding carboxylic acids is 1. The van der Waals surface area contributed by atoms with Crippen molar-refractivity contribution < 1.29 is 14.3 Å². The van der Waals surface area contributed by atoms with Crippen LogP contribution in [0.5, 0.6) is 0 Å². The van der Waals surface area contributed by atoms with E-state index < -0.39 is 17.4 Å². The van der Waals surface area contributed by atoms with Crippen molar-refractivity contribution in [2.75, 3.05) is 0 Å². The zero-order valence-electron chi connectivity index (χ0n) is 9.11. The third-order valence-electron chi connectivity index (χ3n) is 3.10. The first-order valence-electron chi connectivity index (χ1n) is 4.93. The molecule has 0 saturated carbocycles. The van der Waals surface area contributed by atoms with Crippen LogP contribution in [0.2, 0.25) is 0 Å². The van der Waals surface area contributed by atoms with Crippen LogP contribution in [-0.4, -0.2) is 11.8 Å². The maximum absolute atomic E-state index is 11.2. The molecule has 0 amide bonds. The topological polar surface area (TPSA) is 35.5 Å². The molecule has 1 atom stereocenters. The molecule has 0 N–H and O–H groups in total. The Morgan fingerprint density at radius 2 is 1.60 bits per heavy atom. The Labute approximate surface area is 89.0 Å². The fourth-order valence-electron chi connectivity index (χ4n) is 1.78. The van der Waals surface area contributed by atoms with E-state index in [-0.39, 0.29) is 0 Å². The van der Waals surface area contributed by atoms with Gasteiger partial charge < -0.3 is 9.47 Å². The minimum atomic E-state index is -0.717. The Kier molecular flexibility index (Phi) is 2.00. The van der Waals surface area contributed by atoms with E-state index >= 15 is 0 Å². The predicted molar refractivity (Wildman–Crippen MR) is 55.4 cm³/mol. The highest BCUT2D eigenvalue weighted by Crippen LogP contribution is 2.44. The second kappa shape index (κ2) is 2.99. The van der Waals surface area contributed by atoms with E-state index in [1.165, 1.54) is 0 Å². The van der Waals surface area contributed by atoms with Gasteiger partial charge in [-0.05, 0) is 26.3 Å². The second-order valence-electron chi connectivity index (χ2n) is 4.36. The van der Waals surface area contributed by atoms with Crippen molar-refractivity contribution in [1.29, 1.82) is 0 Å². The summed E-state index contributed by atoms with van der Waals surface area (Å²) < 4.78 is 10.4. The molecule has 1 heterocycles. The summed E-state index contributed by atoms with van der Waals surface area (Å²) in [4.78, 5) is 11.2. The first-order valence-corrected chi connectivity index (χ1v) is 4.93. The Balaban J connectivity index is 2.47. The molecule has 0 unspecified atom stereocenters. The van der Waals surface area contributed by atoms with Gasteiger partial charge in [0.25, 0.3) is 0 Å². The Hall–Kier alpha value is -1.51. The highest BCUT2D eigenvalue weighted by Gasteiger charge is 2.55. The molecule has 0 spiro atoms. The molecule has 3 nitrogen and oxygen atoms in total.